The Morgan fingerprint density at radius 2 is 1.85 bits per heavy atom. The number of rotatable bonds is 5. The second-order valence-corrected chi connectivity index (χ2v) is 8.42. The van der Waals surface area contributed by atoms with Crippen molar-refractivity contribution in [1.29, 1.82) is 0 Å². The minimum Gasteiger partial charge on any atom is -0.486 e. The van der Waals surface area contributed by atoms with Crippen LogP contribution in [-0.4, -0.2) is 40.3 Å². The van der Waals surface area contributed by atoms with Gasteiger partial charge < -0.3 is 14.8 Å². The second kappa shape index (κ2) is 7.66. The van der Waals surface area contributed by atoms with Gasteiger partial charge in [-0.2, -0.15) is 0 Å². The molecular weight excluding hydrogens is 392 g/mol. The van der Waals surface area contributed by atoms with Gasteiger partial charge in [0, 0.05) is 16.8 Å². The van der Waals surface area contributed by atoms with Gasteiger partial charge in [0.1, 0.15) is 19.8 Å². The van der Waals surface area contributed by atoms with Crippen molar-refractivity contribution in [2.75, 3.05) is 35.6 Å². The average molecular weight is 411 g/mol. The summed E-state index contributed by atoms with van der Waals surface area (Å²) in [5, 5.41) is 3.17. The van der Waals surface area contributed by atoms with Crippen LogP contribution in [0.3, 0.4) is 0 Å². The fourth-order valence-corrected chi connectivity index (χ4v) is 3.62. The molecule has 0 atom stereocenters. The number of carbonyl (C=O) groups is 1. The molecule has 3 rings (SSSR count). The first kappa shape index (κ1) is 19.3. The number of fused-ring (bicyclic) bond motifs is 1. The molecule has 0 bridgehead atoms. The summed E-state index contributed by atoms with van der Waals surface area (Å²) in [6.45, 7) is 2.28. The monoisotopic (exact) mass is 410 g/mol. The highest BCUT2D eigenvalue weighted by Gasteiger charge is 2.23. The largest absolute Gasteiger partial charge is 0.486 e. The second-order valence-electron chi connectivity index (χ2n) is 6.11. The molecule has 0 saturated carbocycles. The molecule has 1 N–H and O–H groups in total. The van der Waals surface area contributed by atoms with Gasteiger partial charge in [0.05, 0.1) is 11.9 Å². The van der Waals surface area contributed by atoms with E-state index in [2.05, 4.69) is 5.32 Å². The van der Waals surface area contributed by atoms with Crippen molar-refractivity contribution in [2.24, 2.45) is 0 Å². The van der Waals surface area contributed by atoms with E-state index in [9.17, 15) is 13.2 Å². The minimum atomic E-state index is -3.70. The summed E-state index contributed by atoms with van der Waals surface area (Å²) < 4.78 is 36.4. The zero-order valence-corrected chi connectivity index (χ0v) is 16.4. The van der Waals surface area contributed by atoms with E-state index in [4.69, 9.17) is 21.1 Å². The summed E-state index contributed by atoms with van der Waals surface area (Å²) in [6, 6.07) is 9.83. The van der Waals surface area contributed by atoms with Crippen molar-refractivity contribution in [2.45, 2.75) is 6.92 Å². The van der Waals surface area contributed by atoms with Gasteiger partial charge in [-0.3, -0.25) is 9.10 Å². The number of nitrogens with zero attached hydrogens (tertiary/aromatic N) is 1. The Labute approximate surface area is 162 Å². The summed E-state index contributed by atoms with van der Waals surface area (Å²) >= 11 is 6.06. The lowest BCUT2D eigenvalue weighted by molar-refractivity contribution is -0.114. The van der Waals surface area contributed by atoms with Crippen molar-refractivity contribution in [3.63, 3.8) is 0 Å². The summed E-state index contributed by atoms with van der Waals surface area (Å²) in [6.07, 6.45) is 1.04. The molecule has 0 aromatic heterocycles. The molecule has 0 saturated heterocycles. The third kappa shape index (κ3) is 4.64. The highest BCUT2D eigenvalue weighted by Crippen LogP contribution is 2.34. The molecule has 0 aliphatic carbocycles. The molecule has 1 amide bonds. The van der Waals surface area contributed by atoms with Crippen LogP contribution in [-0.2, 0) is 14.8 Å². The standard InChI is InChI=1S/C18H19ClN2O5S/c1-12-3-4-13(9-15(12)19)20-18(22)11-21(27(2,23)24)14-5-6-16-17(10-14)26-8-7-25-16/h3-6,9-10H,7-8,11H2,1-2H3,(H,20,22). The lowest BCUT2D eigenvalue weighted by Gasteiger charge is -2.24. The lowest BCUT2D eigenvalue weighted by atomic mass is 10.2. The number of carbonyl (C=O) groups excluding carboxylic acids is 1. The van der Waals surface area contributed by atoms with Crippen LogP contribution in [0, 0.1) is 6.92 Å². The minimum absolute atomic E-state index is 0.318. The Morgan fingerprint density at radius 3 is 2.52 bits per heavy atom. The average Bonchev–Trinajstić information content (AvgIpc) is 2.61. The first-order valence-corrected chi connectivity index (χ1v) is 10.4. The highest BCUT2D eigenvalue weighted by atomic mass is 35.5. The van der Waals surface area contributed by atoms with E-state index in [1.165, 1.54) is 0 Å². The molecule has 27 heavy (non-hydrogen) atoms. The number of benzene rings is 2. The molecular formula is C18H19ClN2O5S. The highest BCUT2D eigenvalue weighted by molar-refractivity contribution is 7.92. The molecule has 9 heteroatoms. The summed E-state index contributed by atoms with van der Waals surface area (Å²) in [5.74, 6) is 0.491. The van der Waals surface area contributed by atoms with Crippen LogP contribution in [0.15, 0.2) is 36.4 Å². The molecule has 7 nitrogen and oxygen atoms in total. The van der Waals surface area contributed by atoms with Crippen LogP contribution in [0.4, 0.5) is 11.4 Å². The third-order valence-corrected chi connectivity index (χ3v) is 5.50. The van der Waals surface area contributed by atoms with Gasteiger partial charge in [0.2, 0.25) is 15.9 Å². The van der Waals surface area contributed by atoms with Gasteiger partial charge in [-0.15, -0.1) is 0 Å². The van der Waals surface area contributed by atoms with Crippen LogP contribution >= 0.6 is 11.6 Å². The van der Waals surface area contributed by atoms with E-state index in [-0.39, 0.29) is 6.54 Å². The molecule has 1 aliphatic rings. The van der Waals surface area contributed by atoms with E-state index in [1.807, 2.05) is 6.92 Å². The van der Waals surface area contributed by atoms with Crippen molar-refractivity contribution in [3.05, 3.63) is 47.0 Å². The molecule has 0 radical (unpaired) electrons. The van der Waals surface area contributed by atoms with Crippen molar-refractivity contribution in [3.8, 4) is 11.5 Å². The number of anilines is 2. The number of hydrogen-bond acceptors (Lipinski definition) is 5. The van der Waals surface area contributed by atoms with Crippen molar-refractivity contribution >= 4 is 38.9 Å². The zero-order valence-electron chi connectivity index (χ0n) is 14.9. The van der Waals surface area contributed by atoms with Gasteiger partial charge in [-0.1, -0.05) is 17.7 Å². The van der Waals surface area contributed by atoms with E-state index < -0.39 is 15.9 Å². The van der Waals surface area contributed by atoms with E-state index >= 15 is 0 Å². The molecule has 0 unspecified atom stereocenters. The van der Waals surface area contributed by atoms with Gasteiger partial charge >= 0.3 is 0 Å². The number of halogens is 1. The fourth-order valence-electron chi connectivity index (χ4n) is 2.59. The molecule has 2 aromatic rings. The normalized spacial score (nSPS) is 13.1. The van der Waals surface area contributed by atoms with Crippen LogP contribution in [0.2, 0.25) is 5.02 Å². The van der Waals surface area contributed by atoms with Gasteiger partial charge in [-0.25, -0.2) is 8.42 Å². The number of nitrogens with one attached hydrogen (secondary N) is 1. The van der Waals surface area contributed by atoms with Gasteiger partial charge in [0.15, 0.2) is 11.5 Å². The Kier molecular flexibility index (Phi) is 5.48. The number of sulfonamides is 1. The maximum atomic E-state index is 12.4. The Morgan fingerprint density at radius 1 is 1.15 bits per heavy atom. The van der Waals surface area contributed by atoms with Crippen molar-refractivity contribution < 1.29 is 22.7 Å². The quantitative estimate of drug-likeness (QED) is 0.819. The van der Waals surface area contributed by atoms with Crippen molar-refractivity contribution in [1.82, 2.24) is 0 Å². The Balaban J connectivity index is 1.81. The van der Waals surface area contributed by atoms with E-state index in [0.717, 1.165) is 16.1 Å². The molecule has 0 fully saturated rings. The third-order valence-electron chi connectivity index (χ3n) is 3.96. The van der Waals surface area contributed by atoms with Crippen LogP contribution < -0.4 is 19.1 Å². The summed E-state index contributed by atoms with van der Waals surface area (Å²) in [5.41, 5.74) is 1.69. The smallest absolute Gasteiger partial charge is 0.245 e. The fraction of sp³-hybridized carbons (Fsp3) is 0.278. The molecule has 2 aromatic carbocycles. The molecule has 1 aliphatic heterocycles. The molecule has 144 valence electrons. The van der Waals surface area contributed by atoms with E-state index in [0.29, 0.717) is 41.1 Å². The Bertz CT molecular complexity index is 978. The number of amides is 1. The maximum Gasteiger partial charge on any atom is 0.245 e. The van der Waals surface area contributed by atoms with Crippen LogP contribution in [0.5, 0.6) is 11.5 Å². The van der Waals surface area contributed by atoms with E-state index in [1.54, 1.807) is 36.4 Å². The summed E-state index contributed by atoms with van der Waals surface area (Å²) in [7, 11) is -3.70. The first-order chi connectivity index (χ1) is 12.7. The topological polar surface area (TPSA) is 84.9 Å². The lowest BCUT2D eigenvalue weighted by Crippen LogP contribution is -2.37. The summed E-state index contributed by atoms with van der Waals surface area (Å²) in [4.78, 5) is 12.4. The predicted molar refractivity (Wildman–Crippen MR) is 104 cm³/mol. The predicted octanol–water partition coefficient (Wildman–Crippen LogP) is 2.82. The Hall–Kier alpha value is -2.45. The number of hydrogen-bond donors (Lipinski definition) is 1. The van der Waals surface area contributed by atoms with Gasteiger partial charge in [-0.05, 0) is 36.8 Å². The SMILES string of the molecule is Cc1ccc(NC(=O)CN(c2ccc3c(c2)OCCO3)S(C)(=O)=O)cc1Cl. The van der Waals surface area contributed by atoms with Crippen LogP contribution in [0.25, 0.3) is 0 Å². The molecule has 0 spiro atoms. The van der Waals surface area contributed by atoms with Crippen LogP contribution in [0.1, 0.15) is 5.56 Å². The maximum absolute atomic E-state index is 12.4. The number of aryl methyl sites for hydroxylation is 1. The molecule has 1 heterocycles. The zero-order chi connectivity index (χ0) is 19.6. The van der Waals surface area contributed by atoms with Gasteiger partial charge in [0.25, 0.3) is 0 Å². The number of ether oxygens (including phenoxy) is 2. The first-order valence-electron chi connectivity index (χ1n) is 8.17.